The van der Waals surface area contributed by atoms with Gasteiger partial charge in [0.15, 0.2) is 5.78 Å². The molecule has 1 heterocycles. The summed E-state index contributed by atoms with van der Waals surface area (Å²) < 4.78 is 5.44. The Hall–Kier alpha value is -2.00. The van der Waals surface area contributed by atoms with Gasteiger partial charge >= 0.3 is 0 Å². The van der Waals surface area contributed by atoms with Crippen LogP contribution in [0.25, 0.3) is 0 Å². The Morgan fingerprint density at radius 2 is 1.95 bits per heavy atom. The van der Waals surface area contributed by atoms with Crippen molar-refractivity contribution >= 4 is 17.5 Å². The number of fused-ring (bicyclic) bond motifs is 1. The second-order valence-electron chi connectivity index (χ2n) is 5.27. The second-order valence-corrected chi connectivity index (χ2v) is 6.41. The van der Waals surface area contributed by atoms with E-state index in [4.69, 9.17) is 4.74 Å². The molecule has 0 spiro atoms. The maximum absolute atomic E-state index is 12.9. The number of ether oxygens (including phenoxy) is 1. The van der Waals surface area contributed by atoms with Crippen molar-refractivity contribution in [1.29, 1.82) is 0 Å². The van der Waals surface area contributed by atoms with Crippen LogP contribution in [0.1, 0.15) is 33.7 Å². The molecule has 0 radical (unpaired) electrons. The molecule has 1 aliphatic rings. The van der Waals surface area contributed by atoms with E-state index in [0.29, 0.717) is 6.61 Å². The van der Waals surface area contributed by atoms with Crippen molar-refractivity contribution in [3.05, 3.63) is 77.1 Å². The third-order valence-corrected chi connectivity index (χ3v) is 5.02. The summed E-state index contributed by atoms with van der Waals surface area (Å²) in [6.07, 6.45) is 1.64. The number of carbonyl (C=O) groups is 1. The van der Waals surface area contributed by atoms with Gasteiger partial charge in [0.25, 0.3) is 0 Å². The molecule has 1 atom stereocenters. The molecule has 2 aromatic rings. The van der Waals surface area contributed by atoms with Crippen LogP contribution in [0.3, 0.4) is 0 Å². The lowest BCUT2D eigenvalue weighted by atomic mass is 9.95. The van der Waals surface area contributed by atoms with Crippen molar-refractivity contribution in [3.63, 3.8) is 0 Å². The number of aryl methyl sites for hydroxylation is 1. The number of Topliss-reactive ketones (excluding diaryl/α,β-unsaturated/α-hetero) is 1. The van der Waals surface area contributed by atoms with E-state index in [1.54, 1.807) is 18.0 Å². The average Bonchev–Trinajstić information content (AvgIpc) is 2.55. The monoisotopic (exact) mass is 310 g/mol. The molecule has 3 heteroatoms. The van der Waals surface area contributed by atoms with Crippen LogP contribution in [0, 0.1) is 6.92 Å². The highest BCUT2D eigenvalue weighted by atomic mass is 32.2. The molecule has 112 valence electrons. The largest absolute Gasteiger partial charge is 0.501 e. The number of ketones is 1. The zero-order chi connectivity index (χ0) is 15.5. The number of rotatable bonds is 3. The Bertz CT molecular complexity index is 719. The van der Waals surface area contributed by atoms with E-state index in [9.17, 15) is 4.79 Å². The zero-order valence-corrected chi connectivity index (χ0v) is 13.5. The molecule has 0 bridgehead atoms. The normalized spacial score (nSPS) is 19.1. The Morgan fingerprint density at radius 1 is 1.18 bits per heavy atom. The van der Waals surface area contributed by atoms with Gasteiger partial charge in [-0.1, -0.05) is 42.0 Å². The Kier molecular flexibility index (Phi) is 4.34. The minimum absolute atomic E-state index is 0.0181. The highest BCUT2D eigenvalue weighted by Crippen LogP contribution is 2.47. The molecular weight excluding hydrogens is 292 g/mol. The number of benzene rings is 2. The van der Waals surface area contributed by atoms with Gasteiger partial charge in [-0.05, 0) is 31.5 Å². The lowest BCUT2D eigenvalue weighted by Gasteiger charge is -2.26. The van der Waals surface area contributed by atoms with Crippen LogP contribution < -0.4 is 0 Å². The maximum atomic E-state index is 12.9. The molecule has 0 N–H and O–H groups in total. The fraction of sp³-hybridized carbons (Fsp3) is 0.211. The van der Waals surface area contributed by atoms with Gasteiger partial charge in [-0.15, -0.1) is 11.8 Å². The minimum Gasteiger partial charge on any atom is -0.501 e. The van der Waals surface area contributed by atoms with Gasteiger partial charge in [-0.2, -0.15) is 0 Å². The average molecular weight is 310 g/mol. The van der Waals surface area contributed by atoms with Crippen molar-refractivity contribution in [2.75, 3.05) is 6.61 Å². The van der Waals surface area contributed by atoms with Crippen LogP contribution in [0.5, 0.6) is 0 Å². The third-order valence-electron chi connectivity index (χ3n) is 3.65. The Labute approximate surface area is 135 Å². The molecule has 2 aromatic carbocycles. The van der Waals surface area contributed by atoms with Crippen molar-refractivity contribution in [1.82, 2.24) is 0 Å². The SMILES string of the molecule is CCOC=C1C(=O)c2cc(C)ccc2SC1c1ccccc1. The van der Waals surface area contributed by atoms with Crippen LogP contribution in [0.2, 0.25) is 0 Å². The molecule has 22 heavy (non-hydrogen) atoms. The molecule has 3 rings (SSSR count). The van der Waals surface area contributed by atoms with Gasteiger partial charge < -0.3 is 4.74 Å². The Morgan fingerprint density at radius 3 is 2.68 bits per heavy atom. The predicted molar refractivity (Wildman–Crippen MR) is 90.3 cm³/mol. The first-order valence-electron chi connectivity index (χ1n) is 7.39. The standard InChI is InChI=1S/C19H18O2S/c1-3-21-12-16-18(20)15-11-13(2)9-10-17(15)22-19(16)14-7-5-4-6-8-14/h4-12,19H,3H2,1-2H3. The lowest BCUT2D eigenvalue weighted by molar-refractivity contribution is 0.102. The summed E-state index contributed by atoms with van der Waals surface area (Å²) in [5.74, 6) is 0.0692. The van der Waals surface area contributed by atoms with E-state index in [-0.39, 0.29) is 11.0 Å². The van der Waals surface area contributed by atoms with Crippen LogP contribution in [0.15, 0.2) is 65.3 Å². The van der Waals surface area contributed by atoms with Crippen LogP contribution in [-0.4, -0.2) is 12.4 Å². The highest BCUT2D eigenvalue weighted by Gasteiger charge is 2.32. The van der Waals surface area contributed by atoms with Gasteiger partial charge in [0, 0.05) is 10.5 Å². The van der Waals surface area contributed by atoms with E-state index in [1.165, 1.54) is 0 Å². The number of thioether (sulfide) groups is 1. The summed E-state index contributed by atoms with van der Waals surface area (Å²) in [6, 6.07) is 16.2. The van der Waals surface area contributed by atoms with Crippen molar-refractivity contribution < 1.29 is 9.53 Å². The summed E-state index contributed by atoms with van der Waals surface area (Å²) in [5, 5.41) is -0.0181. The molecule has 1 unspecified atom stereocenters. The first-order chi connectivity index (χ1) is 10.7. The second kappa shape index (κ2) is 6.41. The fourth-order valence-corrected chi connectivity index (χ4v) is 3.81. The number of hydrogen-bond donors (Lipinski definition) is 0. The fourth-order valence-electron chi connectivity index (χ4n) is 2.55. The summed E-state index contributed by atoms with van der Waals surface area (Å²) >= 11 is 1.71. The van der Waals surface area contributed by atoms with Crippen molar-refractivity contribution in [2.45, 2.75) is 24.0 Å². The molecule has 0 amide bonds. The molecule has 2 nitrogen and oxygen atoms in total. The van der Waals surface area contributed by atoms with Gasteiger partial charge in [0.05, 0.1) is 23.7 Å². The highest BCUT2D eigenvalue weighted by molar-refractivity contribution is 8.00. The van der Waals surface area contributed by atoms with Crippen molar-refractivity contribution in [3.8, 4) is 0 Å². The lowest BCUT2D eigenvalue weighted by Crippen LogP contribution is -2.17. The molecule has 1 aliphatic heterocycles. The van der Waals surface area contributed by atoms with Crippen LogP contribution in [-0.2, 0) is 4.74 Å². The number of carbonyl (C=O) groups excluding carboxylic acids is 1. The van der Waals surface area contributed by atoms with E-state index >= 15 is 0 Å². The topological polar surface area (TPSA) is 26.3 Å². The minimum atomic E-state index is -0.0181. The van der Waals surface area contributed by atoms with Gasteiger partial charge in [0.2, 0.25) is 0 Å². The molecular formula is C19H18O2S. The van der Waals surface area contributed by atoms with Crippen molar-refractivity contribution in [2.24, 2.45) is 0 Å². The summed E-state index contributed by atoms with van der Waals surface area (Å²) in [5.41, 5.74) is 3.72. The molecule has 0 fully saturated rings. The Balaban J connectivity index is 2.09. The van der Waals surface area contributed by atoms with Gasteiger partial charge in [-0.25, -0.2) is 0 Å². The first kappa shape index (κ1) is 14.9. The quantitative estimate of drug-likeness (QED) is 0.593. The van der Waals surface area contributed by atoms with Crippen LogP contribution >= 0.6 is 11.8 Å². The summed E-state index contributed by atoms with van der Waals surface area (Å²) in [4.78, 5) is 13.9. The zero-order valence-electron chi connectivity index (χ0n) is 12.7. The van der Waals surface area contributed by atoms with E-state index in [0.717, 1.165) is 27.2 Å². The molecule has 0 aliphatic carbocycles. The van der Waals surface area contributed by atoms with E-state index in [1.807, 2.05) is 44.2 Å². The smallest absolute Gasteiger partial charge is 0.194 e. The number of hydrogen-bond acceptors (Lipinski definition) is 3. The summed E-state index contributed by atoms with van der Waals surface area (Å²) in [7, 11) is 0. The third kappa shape index (κ3) is 2.81. The van der Waals surface area contributed by atoms with Gasteiger partial charge in [-0.3, -0.25) is 4.79 Å². The van der Waals surface area contributed by atoms with Gasteiger partial charge in [0.1, 0.15) is 0 Å². The van der Waals surface area contributed by atoms with E-state index in [2.05, 4.69) is 18.2 Å². The first-order valence-corrected chi connectivity index (χ1v) is 8.27. The molecule has 0 aromatic heterocycles. The maximum Gasteiger partial charge on any atom is 0.194 e. The van der Waals surface area contributed by atoms with Crippen LogP contribution in [0.4, 0.5) is 0 Å². The summed E-state index contributed by atoms with van der Waals surface area (Å²) in [6.45, 7) is 4.49. The predicted octanol–water partition coefficient (Wildman–Crippen LogP) is 4.95. The molecule has 0 saturated carbocycles. The molecule has 0 saturated heterocycles. The van der Waals surface area contributed by atoms with E-state index < -0.39 is 0 Å².